The second-order valence-corrected chi connectivity index (χ2v) is 7.56. The standard InChI is InChI=1S/C17H35N3O/c1-13(2)11-18-16(21)15(4)19-12-17(20(5)6)9-7-8-14(3)10-17/h13-15,19H,7-12H2,1-6H3,(H,18,21). The van der Waals surface area contributed by atoms with Gasteiger partial charge in [-0.1, -0.05) is 33.6 Å². The summed E-state index contributed by atoms with van der Waals surface area (Å²) in [6.45, 7) is 10.2. The molecule has 1 amide bonds. The van der Waals surface area contributed by atoms with Gasteiger partial charge in [-0.15, -0.1) is 0 Å². The number of carbonyl (C=O) groups is 1. The number of hydrogen-bond acceptors (Lipinski definition) is 3. The first-order valence-corrected chi connectivity index (χ1v) is 8.45. The average molecular weight is 297 g/mol. The maximum atomic E-state index is 12.1. The van der Waals surface area contributed by atoms with Crippen molar-refractivity contribution in [3.63, 3.8) is 0 Å². The Bertz CT molecular complexity index is 330. The SMILES string of the molecule is CC(C)CNC(=O)C(C)NCC1(N(C)C)CCCC(C)C1. The van der Waals surface area contributed by atoms with Crippen molar-refractivity contribution in [1.29, 1.82) is 0 Å². The summed E-state index contributed by atoms with van der Waals surface area (Å²) in [7, 11) is 4.34. The Morgan fingerprint density at radius 1 is 1.33 bits per heavy atom. The van der Waals surface area contributed by atoms with Gasteiger partial charge >= 0.3 is 0 Å². The van der Waals surface area contributed by atoms with Crippen molar-refractivity contribution in [1.82, 2.24) is 15.5 Å². The van der Waals surface area contributed by atoms with Gasteiger partial charge in [-0.2, -0.15) is 0 Å². The summed E-state index contributed by atoms with van der Waals surface area (Å²) in [6, 6.07) is -0.127. The van der Waals surface area contributed by atoms with Gasteiger partial charge in [0.25, 0.3) is 0 Å². The van der Waals surface area contributed by atoms with Gasteiger partial charge in [0.05, 0.1) is 6.04 Å². The molecule has 3 atom stereocenters. The van der Waals surface area contributed by atoms with E-state index in [4.69, 9.17) is 0 Å². The van der Waals surface area contributed by atoms with E-state index in [1.165, 1.54) is 25.7 Å². The van der Waals surface area contributed by atoms with Crippen molar-refractivity contribution in [2.75, 3.05) is 27.2 Å². The summed E-state index contributed by atoms with van der Waals surface area (Å²) in [5, 5.41) is 6.47. The molecule has 21 heavy (non-hydrogen) atoms. The van der Waals surface area contributed by atoms with Crippen LogP contribution in [-0.2, 0) is 4.79 Å². The van der Waals surface area contributed by atoms with Gasteiger partial charge in [0.2, 0.25) is 5.91 Å². The molecular weight excluding hydrogens is 262 g/mol. The quantitative estimate of drug-likeness (QED) is 0.757. The molecule has 1 aliphatic rings. The molecule has 4 heteroatoms. The Morgan fingerprint density at radius 2 is 2.00 bits per heavy atom. The largest absolute Gasteiger partial charge is 0.354 e. The van der Waals surface area contributed by atoms with Crippen molar-refractivity contribution < 1.29 is 4.79 Å². The lowest BCUT2D eigenvalue weighted by molar-refractivity contribution is -0.123. The highest BCUT2D eigenvalue weighted by Gasteiger charge is 2.37. The summed E-state index contributed by atoms with van der Waals surface area (Å²) in [4.78, 5) is 14.4. The van der Waals surface area contributed by atoms with Gasteiger partial charge in [0.15, 0.2) is 0 Å². The minimum Gasteiger partial charge on any atom is -0.354 e. The molecule has 0 aromatic rings. The van der Waals surface area contributed by atoms with E-state index in [2.05, 4.69) is 50.4 Å². The fraction of sp³-hybridized carbons (Fsp3) is 0.941. The number of amides is 1. The van der Waals surface area contributed by atoms with Crippen molar-refractivity contribution in [3.8, 4) is 0 Å². The van der Waals surface area contributed by atoms with Crippen LogP contribution in [0.5, 0.6) is 0 Å². The van der Waals surface area contributed by atoms with Crippen LogP contribution in [0.25, 0.3) is 0 Å². The fourth-order valence-corrected chi connectivity index (χ4v) is 3.25. The Hall–Kier alpha value is -0.610. The molecule has 0 aliphatic heterocycles. The predicted octanol–water partition coefficient (Wildman–Crippen LogP) is 2.25. The minimum absolute atomic E-state index is 0.112. The first-order chi connectivity index (χ1) is 9.77. The highest BCUT2D eigenvalue weighted by atomic mass is 16.2. The molecule has 2 N–H and O–H groups in total. The molecule has 0 aromatic heterocycles. The van der Waals surface area contributed by atoms with Gasteiger partial charge < -0.3 is 15.5 Å². The zero-order valence-corrected chi connectivity index (χ0v) is 14.8. The highest BCUT2D eigenvalue weighted by molar-refractivity contribution is 5.81. The molecule has 0 radical (unpaired) electrons. The lowest BCUT2D eigenvalue weighted by Crippen LogP contribution is -2.57. The number of nitrogens with zero attached hydrogens (tertiary/aromatic N) is 1. The lowest BCUT2D eigenvalue weighted by atomic mass is 9.75. The molecule has 3 unspecified atom stereocenters. The van der Waals surface area contributed by atoms with E-state index in [0.717, 1.165) is 19.0 Å². The van der Waals surface area contributed by atoms with E-state index in [1.54, 1.807) is 0 Å². The van der Waals surface area contributed by atoms with Crippen LogP contribution in [0.3, 0.4) is 0 Å². The average Bonchev–Trinajstić information content (AvgIpc) is 2.41. The summed E-state index contributed by atoms with van der Waals surface area (Å²) >= 11 is 0. The molecule has 1 aliphatic carbocycles. The van der Waals surface area contributed by atoms with Crippen LogP contribution >= 0.6 is 0 Å². The third-order valence-corrected chi connectivity index (χ3v) is 4.83. The van der Waals surface area contributed by atoms with Crippen molar-refractivity contribution in [3.05, 3.63) is 0 Å². The maximum absolute atomic E-state index is 12.1. The van der Waals surface area contributed by atoms with E-state index in [-0.39, 0.29) is 17.5 Å². The predicted molar refractivity (Wildman–Crippen MR) is 89.4 cm³/mol. The second kappa shape index (κ2) is 8.14. The summed E-state index contributed by atoms with van der Waals surface area (Å²) < 4.78 is 0. The van der Waals surface area contributed by atoms with Gasteiger partial charge in [-0.3, -0.25) is 4.79 Å². The van der Waals surface area contributed by atoms with Gasteiger partial charge in [0, 0.05) is 18.6 Å². The molecule has 124 valence electrons. The first kappa shape index (κ1) is 18.4. The molecule has 1 saturated carbocycles. The summed E-state index contributed by atoms with van der Waals surface area (Å²) in [5.74, 6) is 1.38. The van der Waals surface area contributed by atoms with Gasteiger partial charge in [0.1, 0.15) is 0 Å². The number of carbonyl (C=O) groups excluding carboxylic acids is 1. The van der Waals surface area contributed by atoms with E-state index in [0.29, 0.717) is 5.92 Å². The van der Waals surface area contributed by atoms with Crippen LogP contribution in [-0.4, -0.2) is 49.6 Å². The van der Waals surface area contributed by atoms with Crippen molar-refractivity contribution in [2.45, 2.75) is 65.0 Å². The molecule has 0 saturated heterocycles. The van der Waals surface area contributed by atoms with Crippen LogP contribution in [0, 0.1) is 11.8 Å². The van der Waals surface area contributed by atoms with E-state index in [9.17, 15) is 4.79 Å². The smallest absolute Gasteiger partial charge is 0.236 e. The number of rotatable bonds is 7. The number of likely N-dealkylation sites (N-methyl/N-ethyl adjacent to an activating group) is 1. The summed E-state index contributed by atoms with van der Waals surface area (Å²) in [5.41, 5.74) is 0.199. The normalized spacial score (nSPS) is 27.9. The Kier molecular flexibility index (Phi) is 7.14. The Balaban J connectivity index is 2.51. The van der Waals surface area contributed by atoms with Crippen LogP contribution in [0.4, 0.5) is 0 Å². The third kappa shape index (κ3) is 5.59. The highest BCUT2D eigenvalue weighted by Crippen LogP contribution is 2.35. The minimum atomic E-state index is -0.127. The van der Waals surface area contributed by atoms with Gasteiger partial charge in [-0.05, 0) is 45.7 Å². The van der Waals surface area contributed by atoms with Crippen LogP contribution in [0.2, 0.25) is 0 Å². The number of nitrogens with one attached hydrogen (secondary N) is 2. The van der Waals surface area contributed by atoms with E-state index < -0.39 is 0 Å². The molecule has 1 fully saturated rings. The maximum Gasteiger partial charge on any atom is 0.236 e. The summed E-state index contributed by atoms with van der Waals surface area (Å²) in [6.07, 6.45) is 5.06. The Morgan fingerprint density at radius 3 is 2.52 bits per heavy atom. The van der Waals surface area contributed by atoms with Crippen molar-refractivity contribution in [2.24, 2.45) is 11.8 Å². The first-order valence-electron chi connectivity index (χ1n) is 8.45. The topological polar surface area (TPSA) is 44.4 Å². The molecule has 4 nitrogen and oxygen atoms in total. The van der Waals surface area contributed by atoms with Crippen LogP contribution < -0.4 is 10.6 Å². The Labute approximate surface area is 131 Å². The molecule has 1 rings (SSSR count). The molecular formula is C17H35N3O. The third-order valence-electron chi connectivity index (χ3n) is 4.83. The molecule has 0 aromatic carbocycles. The number of hydrogen-bond donors (Lipinski definition) is 2. The zero-order chi connectivity index (χ0) is 16.0. The monoisotopic (exact) mass is 297 g/mol. The molecule has 0 spiro atoms. The van der Waals surface area contributed by atoms with Crippen LogP contribution in [0.1, 0.15) is 53.4 Å². The molecule has 0 heterocycles. The van der Waals surface area contributed by atoms with E-state index >= 15 is 0 Å². The zero-order valence-electron chi connectivity index (χ0n) is 14.8. The second-order valence-electron chi connectivity index (χ2n) is 7.56. The lowest BCUT2D eigenvalue weighted by Gasteiger charge is -2.46. The van der Waals surface area contributed by atoms with Crippen molar-refractivity contribution >= 4 is 5.91 Å². The van der Waals surface area contributed by atoms with E-state index in [1.807, 2.05) is 6.92 Å². The molecule has 0 bridgehead atoms. The van der Waals surface area contributed by atoms with Crippen LogP contribution in [0.15, 0.2) is 0 Å². The fourth-order valence-electron chi connectivity index (χ4n) is 3.25. The van der Waals surface area contributed by atoms with Gasteiger partial charge in [-0.25, -0.2) is 0 Å².